The van der Waals surface area contributed by atoms with Crippen LogP contribution in [0.1, 0.15) is 41.5 Å². The lowest BCUT2D eigenvalue weighted by Gasteiger charge is -2.12. The van der Waals surface area contributed by atoms with Crippen LogP contribution in [-0.4, -0.2) is 30.8 Å². The van der Waals surface area contributed by atoms with Crippen molar-refractivity contribution in [3.05, 3.63) is 77.9 Å². The van der Waals surface area contributed by atoms with E-state index in [4.69, 9.17) is 4.98 Å². The van der Waals surface area contributed by atoms with Crippen LogP contribution in [0, 0.1) is 0 Å². The Labute approximate surface area is 162 Å². The number of fused-ring (bicyclic) bond motifs is 1. The van der Waals surface area contributed by atoms with Gasteiger partial charge in [0.2, 0.25) is 0 Å². The van der Waals surface area contributed by atoms with Crippen molar-refractivity contribution in [1.82, 2.24) is 19.7 Å². The Kier molecular flexibility index (Phi) is 4.61. The second-order valence-corrected chi connectivity index (χ2v) is 7.02. The monoisotopic (exact) mass is 372 g/mol. The van der Waals surface area contributed by atoms with Gasteiger partial charge in [0.05, 0.1) is 23.5 Å². The van der Waals surface area contributed by atoms with Crippen molar-refractivity contribution in [1.29, 1.82) is 0 Å². The van der Waals surface area contributed by atoms with Gasteiger partial charge in [0.1, 0.15) is 11.3 Å². The highest BCUT2D eigenvalue weighted by Gasteiger charge is 2.15. The summed E-state index contributed by atoms with van der Waals surface area (Å²) >= 11 is 0. The van der Waals surface area contributed by atoms with Gasteiger partial charge < -0.3 is 9.67 Å². The summed E-state index contributed by atoms with van der Waals surface area (Å²) in [6, 6.07) is 15.0. The van der Waals surface area contributed by atoms with E-state index in [2.05, 4.69) is 28.6 Å². The first-order valence-electron chi connectivity index (χ1n) is 9.13. The third-order valence-corrected chi connectivity index (χ3v) is 4.77. The molecule has 0 bridgehead atoms. The second-order valence-electron chi connectivity index (χ2n) is 7.02. The van der Waals surface area contributed by atoms with Crippen molar-refractivity contribution in [3.63, 3.8) is 0 Å². The molecule has 0 radical (unpaired) electrons. The Morgan fingerprint density at radius 3 is 2.46 bits per heavy atom. The molecule has 4 rings (SSSR count). The predicted octanol–water partition coefficient (Wildman–Crippen LogP) is 4.36. The zero-order valence-corrected chi connectivity index (χ0v) is 15.7. The summed E-state index contributed by atoms with van der Waals surface area (Å²) in [5.41, 5.74) is 4.80. The van der Waals surface area contributed by atoms with Crippen LogP contribution in [0.4, 0.5) is 0 Å². The largest absolute Gasteiger partial charge is 0.478 e. The predicted molar refractivity (Wildman–Crippen MR) is 107 cm³/mol. The van der Waals surface area contributed by atoms with E-state index in [-0.39, 0.29) is 5.92 Å². The van der Waals surface area contributed by atoms with E-state index in [1.165, 1.54) is 0 Å². The number of carbonyl (C=O) groups is 1. The molecule has 1 N–H and O–H groups in total. The van der Waals surface area contributed by atoms with Crippen LogP contribution >= 0.6 is 0 Å². The molecule has 0 unspecified atom stereocenters. The molecular formula is C22H20N4O2. The molecule has 0 spiro atoms. The van der Waals surface area contributed by atoms with Crippen molar-refractivity contribution >= 4 is 17.0 Å². The number of aromatic nitrogens is 4. The molecule has 6 heteroatoms. The highest BCUT2D eigenvalue weighted by atomic mass is 16.4. The van der Waals surface area contributed by atoms with E-state index >= 15 is 0 Å². The number of imidazole rings is 1. The molecule has 0 aliphatic heterocycles. The summed E-state index contributed by atoms with van der Waals surface area (Å²) in [5.74, 6) is 0.339. The maximum absolute atomic E-state index is 11.5. The van der Waals surface area contributed by atoms with Crippen molar-refractivity contribution in [2.45, 2.75) is 26.3 Å². The Morgan fingerprint density at radius 1 is 1.04 bits per heavy atom. The fourth-order valence-electron chi connectivity index (χ4n) is 3.41. The normalized spacial score (nSPS) is 11.2. The Morgan fingerprint density at radius 2 is 1.75 bits per heavy atom. The molecule has 0 aliphatic rings. The van der Waals surface area contributed by atoms with E-state index in [1.54, 1.807) is 24.5 Å². The van der Waals surface area contributed by atoms with Crippen LogP contribution < -0.4 is 0 Å². The van der Waals surface area contributed by atoms with Crippen molar-refractivity contribution in [2.24, 2.45) is 0 Å². The fourth-order valence-corrected chi connectivity index (χ4v) is 3.41. The lowest BCUT2D eigenvalue weighted by molar-refractivity contribution is 0.0697. The zero-order chi connectivity index (χ0) is 19.7. The van der Waals surface area contributed by atoms with Crippen LogP contribution in [0.25, 0.3) is 22.2 Å². The van der Waals surface area contributed by atoms with Crippen molar-refractivity contribution < 1.29 is 9.90 Å². The van der Waals surface area contributed by atoms with E-state index in [0.717, 1.165) is 28.0 Å². The summed E-state index contributed by atoms with van der Waals surface area (Å²) in [7, 11) is 0. The van der Waals surface area contributed by atoms with Crippen LogP contribution in [0.2, 0.25) is 0 Å². The molecule has 0 fully saturated rings. The molecule has 0 saturated carbocycles. The number of aromatic carboxylic acids is 1. The van der Waals surface area contributed by atoms with Gasteiger partial charge in [-0.05, 0) is 22.8 Å². The number of benzene rings is 2. The average Bonchev–Trinajstić information content (AvgIpc) is 3.07. The van der Waals surface area contributed by atoms with E-state index < -0.39 is 5.97 Å². The van der Waals surface area contributed by atoms with E-state index in [1.807, 2.05) is 36.4 Å². The van der Waals surface area contributed by atoms with Gasteiger partial charge in [-0.15, -0.1) is 0 Å². The van der Waals surface area contributed by atoms with E-state index in [0.29, 0.717) is 17.7 Å². The summed E-state index contributed by atoms with van der Waals surface area (Å²) in [6.07, 6.45) is 3.43. The van der Waals surface area contributed by atoms with Crippen LogP contribution in [0.15, 0.2) is 60.9 Å². The van der Waals surface area contributed by atoms with Crippen LogP contribution in [0.3, 0.4) is 0 Å². The fraction of sp³-hybridized carbons (Fsp3) is 0.182. The number of hydrogen-bond acceptors (Lipinski definition) is 4. The highest BCUT2D eigenvalue weighted by Crippen LogP contribution is 2.26. The first kappa shape index (κ1) is 17.9. The van der Waals surface area contributed by atoms with Crippen molar-refractivity contribution in [3.8, 4) is 11.1 Å². The number of rotatable bonds is 5. The molecule has 28 heavy (non-hydrogen) atoms. The third kappa shape index (κ3) is 3.24. The number of carboxylic acid groups (broad SMARTS) is 1. The maximum Gasteiger partial charge on any atom is 0.336 e. The smallest absolute Gasteiger partial charge is 0.336 e. The van der Waals surface area contributed by atoms with Crippen LogP contribution in [0.5, 0.6) is 0 Å². The number of carboxylic acids is 1. The minimum Gasteiger partial charge on any atom is -0.478 e. The van der Waals surface area contributed by atoms with Gasteiger partial charge in [0, 0.05) is 12.5 Å². The summed E-state index contributed by atoms with van der Waals surface area (Å²) in [6.45, 7) is 4.89. The molecule has 4 aromatic rings. The van der Waals surface area contributed by atoms with Gasteiger partial charge in [-0.1, -0.05) is 56.3 Å². The maximum atomic E-state index is 11.5. The minimum absolute atomic E-state index is 0.272. The average molecular weight is 372 g/mol. The summed E-state index contributed by atoms with van der Waals surface area (Å²) < 4.78 is 2.16. The Hall–Kier alpha value is -3.54. The number of hydrogen-bond donors (Lipinski definition) is 1. The van der Waals surface area contributed by atoms with Gasteiger partial charge >= 0.3 is 5.97 Å². The van der Waals surface area contributed by atoms with Gasteiger partial charge in [-0.3, -0.25) is 0 Å². The van der Waals surface area contributed by atoms with Gasteiger partial charge in [0.25, 0.3) is 0 Å². The molecule has 0 aliphatic carbocycles. The first-order valence-corrected chi connectivity index (χ1v) is 9.13. The minimum atomic E-state index is -0.924. The lowest BCUT2D eigenvalue weighted by atomic mass is 9.98. The molecule has 140 valence electrons. The summed E-state index contributed by atoms with van der Waals surface area (Å²) in [5, 5.41) is 17.3. The van der Waals surface area contributed by atoms with Gasteiger partial charge in [-0.25, -0.2) is 9.78 Å². The Bertz CT molecular complexity index is 1150. The Balaban J connectivity index is 1.69. The number of nitrogens with zero attached hydrogens (tertiary/aromatic N) is 4. The lowest BCUT2D eigenvalue weighted by Crippen LogP contribution is -2.07. The standard InChI is InChI=1S/C22H20N4O2/c1-14(2)21-25-19-11-23-24-12-20(19)26(21)13-15-7-9-16(10-8-15)17-5-3-4-6-18(17)22(27)28/h3-12,14H,13H2,1-2H3,(H,27,28). The molecule has 2 aromatic heterocycles. The molecule has 6 nitrogen and oxygen atoms in total. The van der Waals surface area contributed by atoms with Gasteiger partial charge in [-0.2, -0.15) is 10.2 Å². The summed E-state index contributed by atoms with van der Waals surface area (Å²) in [4.78, 5) is 16.2. The topological polar surface area (TPSA) is 80.9 Å². The van der Waals surface area contributed by atoms with Gasteiger partial charge in [0.15, 0.2) is 0 Å². The SMILES string of the molecule is CC(C)c1nc2cnncc2n1Cc1ccc(-c2ccccc2C(=O)O)cc1. The first-order chi connectivity index (χ1) is 13.5. The third-order valence-electron chi connectivity index (χ3n) is 4.77. The zero-order valence-electron chi connectivity index (χ0n) is 15.7. The molecule has 0 atom stereocenters. The quantitative estimate of drug-likeness (QED) is 0.563. The molecule has 0 amide bonds. The second kappa shape index (κ2) is 7.23. The van der Waals surface area contributed by atoms with Crippen LogP contribution in [-0.2, 0) is 6.54 Å². The molecule has 0 saturated heterocycles. The molecule has 2 aromatic carbocycles. The molecular weight excluding hydrogens is 352 g/mol. The van der Waals surface area contributed by atoms with E-state index in [9.17, 15) is 9.90 Å². The van der Waals surface area contributed by atoms with Crippen molar-refractivity contribution in [2.75, 3.05) is 0 Å². The highest BCUT2D eigenvalue weighted by molar-refractivity contribution is 5.96. The molecule has 2 heterocycles.